The Hall–Kier alpha value is -2.49. The molecular weight excluding hydrogens is 521 g/mol. The highest BCUT2D eigenvalue weighted by Crippen LogP contribution is 2.48. The van der Waals surface area contributed by atoms with Gasteiger partial charge in [-0.15, -0.1) is 21.5 Å². The molecule has 1 saturated carbocycles. The van der Waals surface area contributed by atoms with Gasteiger partial charge in [0.05, 0.1) is 34.1 Å². The number of hydrogen-bond acceptors (Lipinski definition) is 7. The van der Waals surface area contributed by atoms with Crippen LogP contribution in [0.25, 0.3) is 0 Å². The zero-order valence-corrected chi connectivity index (χ0v) is 22.4. The molecule has 1 unspecified atom stereocenters. The van der Waals surface area contributed by atoms with E-state index in [-0.39, 0.29) is 17.2 Å². The number of halogens is 2. The molecule has 190 valence electrons. The van der Waals surface area contributed by atoms with E-state index in [4.69, 9.17) is 27.6 Å². The second-order valence-electron chi connectivity index (χ2n) is 10.6. The summed E-state index contributed by atoms with van der Waals surface area (Å²) in [5, 5.41) is 9.45. The second kappa shape index (κ2) is 9.76. The van der Waals surface area contributed by atoms with Crippen LogP contribution in [0.1, 0.15) is 59.6 Å². The zero-order chi connectivity index (χ0) is 25.5. The van der Waals surface area contributed by atoms with Crippen LogP contribution in [0.4, 0.5) is 0 Å². The van der Waals surface area contributed by atoms with E-state index >= 15 is 0 Å². The maximum Gasteiger partial charge on any atom is 0.265 e. The minimum absolute atomic E-state index is 0.0653. The van der Waals surface area contributed by atoms with Gasteiger partial charge in [0.25, 0.3) is 5.91 Å². The molecule has 1 aromatic carbocycles. The fourth-order valence-electron chi connectivity index (χ4n) is 4.65. The number of aromatic nitrogens is 3. The Kier molecular flexibility index (Phi) is 6.82. The van der Waals surface area contributed by atoms with Crippen molar-refractivity contribution in [1.82, 2.24) is 25.0 Å². The SMILES string of the molecule is CC1(C)CC1.O=CN1CC2(C1)CN(C(=O)c1cncs1)CC2c1nnc(Cc2ccc(Cl)c(Cl)c2)o1. The van der Waals surface area contributed by atoms with E-state index in [0.717, 1.165) is 17.4 Å². The number of carbonyl (C=O) groups is 2. The number of thiazole rings is 1. The smallest absolute Gasteiger partial charge is 0.265 e. The van der Waals surface area contributed by atoms with Crippen LogP contribution in [-0.4, -0.2) is 63.5 Å². The first-order chi connectivity index (χ1) is 17.2. The summed E-state index contributed by atoms with van der Waals surface area (Å²) < 4.78 is 6.01. The van der Waals surface area contributed by atoms with Crippen molar-refractivity contribution >= 4 is 46.9 Å². The molecule has 2 saturated heterocycles. The van der Waals surface area contributed by atoms with Crippen molar-refractivity contribution in [2.24, 2.45) is 10.8 Å². The molecule has 6 rings (SSSR count). The molecule has 2 amide bonds. The number of likely N-dealkylation sites (tertiary alicyclic amines) is 2. The summed E-state index contributed by atoms with van der Waals surface area (Å²) in [5.41, 5.74) is 3.01. The topological polar surface area (TPSA) is 92.4 Å². The first kappa shape index (κ1) is 25.2. The monoisotopic (exact) mass is 547 g/mol. The van der Waals surface area contributed by atoms with Gasteiger partial charge in [-0.3, -0.25) is 14.6 Å². The van der Waals surface area contributed by atoms with Crippen molar-refractivity contribution in [3.63, 3.8) is 0 Å². The van der Waals surface area contributed by atoms with Crippen LogP contribution in [0.3, 0.4) is 0 Å². The van der Waals surface area contributed by atoms with Gasteiger partial charge in [0.2, 0.25) is 18.2 Å². The first-order valence-corrected chi connectivity index (χ1v) is 13.4. The number of hydrogen-bond donors (Lipinski definition) is 0. The van der Waals surface area contributed by atoms with Crippen molar-refractivity contribution in [2.75, 3.05) is 26.2 Å². The maximum atomic E-state index is 12.9. The van der Waals surface area contributed by atoms with Crippen LogP contribution < -0.4 is 0 Å². The summed E-state index contributed by atoms with van der Waals surface area (Å²) in [6.07, 6.45) is 5.74. The summed E-state index contributed by atoms with van der Waals surface area (Å²) in [4.78, 5) is 32.2. The third kappa shape index (κ3) is 5.28. The van der Waals surface area contributed by atoms with E-state index in [0.29, 0.717) is 59.3 Å². The van der Waals surface area contributed by atoms with E-state index in [2.05, 4.69) is 29.0 Å². The second-order valence-corrected chi connectivity index (χ2v) is 12.3. The Balaban J connectivity index is 0.000000477. The van der Waals surface area contributed by atoms with Crippen LogP contribution in [-0.2, 0) is 11.2 Å². The van der Waals surface area contributed by atoms with Gasteiger partial charge < -0.3 is 14.2 Å². The third-order valence-electron chi connectivity index (χ3n) is 7.13. The third-order valence-corrected chi connectivity index (χ3v) is 8.63. The number of amides is 2. The lowest BCUT2D eigenvalue weighted by atomic mass is 9.72. The molecule has 8 nitrogen and oxygen atoms in total. The molecule has 3 fully saturated rings. The lowest BCUT2D eigenvalue weighted by molar-refractivity contribution is -0.129. The maximum absolute atomic E-state index is 12.9. The lowest BCUT2D eigenvalue weighted by Gasteiger charge is -2.48. The Morgan fingerprint density at radius 1 is 1.19 bits per heavy atom. The standard InChI is InChI=1S/C20H17Cl2N5O3S.C5H10/c21-14-2-1-12(3-15(14)22)4-17-24-25-18(30-17)13-6-27(19(29)16-5-23-10-31-16)9-20(13)7-26(8-20)11-28;1-5(2)3-4-5/h1-3,5,10-11,13H,4,6-9H2;3-4H2,1-2H3. The van der Waals surface area contributed by atoms with Crippen molar-refractivity contribution in [3.05, 3.63) is 62.2 Å². The zero-order valence-electron chi connectivity index (χ0n) is 20.1. The Morgan fingerprint density at radius 3 is 2.56 bits per heavy atom. The van der Waals surface area contributed by atoms with Gasteiger partial charge in [0.15, 0.2) is 0 Å². The normalized spacial score (nSPS) is 21.1. The first-order valence-electron chi connectivity index (χ1n) is 11.8. The van der Waals surface area contributed by atoms with Gasteiger partial charge in [-0.1, -0.05) is 43.1 Å². The van der Waals surface area contributed by atoms with E-state index in [1.807, 2.05) is 6.07 Å². The molecule has 1 atom stereocenters. The van der Waals surface area contributed by atoms with Crippen LogP contribution >= 0.6 is 34.5 Å². The van der Waals surface area contributed by atoms with E-state index in [1.165, 1.54) is 24.2 Å². The number of rotatable bonds is 5. The molecule has 3 aliphatic rings. The average Bonchev–Trinajstić information content (AvgIpc) is 3.31. The highest BCUT2D eigenvalue weighted by Gasteiger charge is 2.57. The van der Waals surface area contributed by atoms with Gasteiger partial charge in [-0.05, 0) is 36.0 Å². The van der Waals surface area contributed by atoms with Crippen LogP contribution in [0, 0.1) is 10.8 Å². The molecular formula is C25H27Cl2N5O3S. The number of benzene rings is 1. The molecule has 0 radical (unpaired) electrons. The molecule has 4 heterocycles. The van der Waals surface area contributed by atoms with Crippen LogP contribution in [0.5, 0.6) is 0 Å². The highest BCUT2D eigenvalue weighted by molar-refractivity contribution is 7.11. The molecule has 2 aliphatic heterocycles. The molecule has 36 heavy (non-hydrogen) atoms. The Labute approximate surface area is 223 Å². The minimum Gasteiger partial charge on any atom is -0.425 e. The van der Waals surface area contributed by atoms with E-state index in [9.17, 15) is 9.59 Å². The van der Waals surface area contributed by atoms with E-state index in [1.54, 1.807) is 33.6 Å². The number of carbonyl (C=O) groups excluding carboxylic acids is 2. The predicted molar refractivity (Wildman–Crippen MR) is 137 cm³/mol. The fourth-order valence-corrected chi connectivity index (χ4v) is 5.56. The Bertz CT molecular complexity index is 1250. The van der Waals surface area contributed by atoms with Crippen molar-refractivity contribution in [1.29, 1.82) is 0 Å². The van der Waals surface area contributed by atoms with Crippen LogP contribution in [0.2, 0.25) is 10.0 Å². The predicted octanol–water partition coefficient (Wildman–Crippen LogP) is 4.93. The van der Waals surface area contributed by atoms with Gasteiger partial charge in [0.1, 0.15) is 4.88 Å². The van der Waals surface area contributed by atoms with Crippen molar-refractivity contribution < 1.29 is 14.0 Å². The highest BCUT2D eigenvalue weighted by atomic mass is 35.5. The van der Waals surface area contributed by atoms with Gasteiger partial charge >= 0.3 is 0 Å². The molecule has 0 bridgehead atoms. The van der Waals surface area contributed by atoms with Gasteiger partial charge in [0, 0.05) is 31.6 Å². The largest absolute Gasteiger partial charge is 0.425 e. The minimum atomic E-state index is -0.283. The summed E-state index contributed by atoms with van der Waals surface area (Å²) in [7, 11) is 0. The molecule has 11 heteroatoms. The number of nitrogens with zero attached hydrogens (tertiary/aromatic N) is 5. The van der Waals surface area contributed by atoms with E-state index < -0.39 is 0 Å². The molecule has 1 aliphatic carbocycles. The quantitative estimate of drug-likeness (QED) is 0.420. The summed E-state index contributed by atoms with van der Waals surface area (Å²) in [5.74, 6) is 0.739. The molecule has 1 spiro atoms. The summed E-state index contributed by atoms with van der Waals surface area (Å²) >= 11 is 13.4. The molecule has 0 N–H and O–H groups in total. The summed E-state index contributed by atoms with van der Waals surface area (Å²) in [6, 6.07) is 5.36. The van der Waals surface area contributed by atoms with Crippen molar-refractivity contribution in [3.8, 4) is 0 Å². The fraction of sp³-hybridized carbons (Fsp3) is 0.480. The van der Waals surface area contributed by atoms with Gasteiger partial charge in [-0.25, -0.2) is 0 Å². The molecule has 3 aromatic rings. The Morgan fingerprint density at radius 2 is 1.94 bits per heavy atom. The molecule has 2 aromatic heterocycles. The van der Waals surface area contributed by atoms with Gasteiger partial charge in [-0.2, -0.15) is 0 Å². The van der Waals surface area contributed by atoms with Crippen LogP contribution in [0.15, 0.2) is 34.3 Å². The average molecular weight is 548 g/mol. The summed E-state index contributed by atoms with van der Waals surface area (Å²) in [6.45, 7) is 6.69. The lowest BCUT2D eigenvalue weighted by Crippen LogP contribution is -2.59. The van der Waals surface area contributed by atoms with Crippen molar-refractivity contribution in [2.45, 2.75) is 39.0 Å².